The number of rotatable bonds is 8. The van der Waals surface area contributed by atoms with Crippen molar-refractivity contribution in [2.45, 2.75) is 32.2 Å². The van der Waals surface area contributed by atoms with Gasteiger partial charge >= 0.3 is 0 Å². The summed E-state index contributed by atoms with van der Waals surface area (Å²) in [6.45, 7) is 2.23. The molecule has 0 unspecified atom stereocenters. The molecule has 0 bridgehead atoms. The molecule has 0 aliphatic heterocycles. The average Bonchev–Trinajstić information content (AvgIpc) is 3.54. The number of hydrogen-bond donors (Lipinski definition) is 1. The number of carbonyl (C=O) groups excluding carboxylic acids is 1. The third-order valence-corrected chi connectivity index (χ3v) is 5.28. The Morgan fingerprint density at radius 1 is 1.23 bits per heavy atom. The van der Waals surface area contributed by atoms with Crippen LogP contribution in [0.25, 0.3) is 11.0 Å². The van der Waals surface area contributed by atoms with Gasteiger partial charge in [0.25, 0.3) is 5.91 Å². The maximum absolute atomic E-state index is 12.3. The van der Waals surface area contributed by atoms with Gasteiger partial charge in [-0.15, -0.1) is 0 Å². The van der Waals surface area contributed by atoms with E-state index < -0.39 is 0 Å². The lowest BCUT2D eigenvalue weighted by Gasteiger charge is -2.12. The van der Waals surface area contributed by atoms with Crippen LogP contribution < -0.4 is 19.5 Å². The van der Waals surface area contributed by atoms with E-state index in [0.717, 1.165) is 27.9 Å². The monoisotopic (exact) mass is 410 g/mol. The highest BCUT2D eigenvalue weighted by Crippen LogP contribution is 2.43. The third kappa shape index (κ3) is 4.03. The molecule has 1 saturated carbocycles. The van der Waals surface area contributed by atoms with Gasteiger partial charge in [-0.25, -0.2) is 0 Å². The normalized spacial score (nSPS) is 13.3. The van der Waals surface area contributed by atoms with E-state index in [1.807, 2.05) is 32.2 Å². The molecule has 0 spiro atoms. The van der Waals surface area contributed by atoms with E-state index in [-0.39, 0.29) is 12.5 Å². The number of ether oxygens (including phenoxy) is 3. The second-order valence-electron chi connectivity index (χ2n) is 7.50. The second-order valence-corrected chi connectivity index (χ2v) is 7.50. The molecular weight excluding hydrogens is 384 g/mol. The summed E-state index contributed by atoms with van der Waals surface area (Å²) in [6.07, 6.45) is 2.37. The first-order valence-corrected chi connectivity index (χ1v) is 9.94. The predicted molar refractivity (Wildman–Crippen MR) is 112 cm³/mol. The van der Waals surface area contributed by atoms with Gasteiger partial charge in [0.05, 0.1) is 19.9 Å². The van der Waals surface area contributed by atoms with Gasteiger partial charge in [-0.3, -0.25) is 9.48 Å². The summed E-state index contributed by atoms with van der Waals surface area (Å²) in [5.74, 6) is 2.07. The van der Waals surface area contributed by atoms with E-state index in [1.54, 1.807) is 25.0 Å². The molecule has 30 heavy (non-hydrogen) atoms. The van der Waals surface area contributed by atoms with Crippen molar-refractivity contribution < 1.29 is 19.0 Å². The molecule has 8 nitrogen and oxygen atoms in total. The molecule has 1 fully saturated rings. The highest BCUT2D eigenvalue weighted by molar-refractivity contribution is 5.84. The zero-order valence-corrected chi connectivity index (χ0v) is 17.7. The Kier molecular flexibility index (Phi) is 5.48. The summed E-state index contributed by atoms with van der Waals surface area (Å²) < 4.78 is 18.0. The Morgan fingerprint density at radius 3 is 2.73 bits per heavy atom. The molecular formula is C22H26N4O4. The first-order chi connectivity index (χ1) is 14.5. The topological polar surface area (TPSA) is 87.5 Å². The zero-order chi connectivity index (χ0) is 21.3. The van der Waals surface area contributed by atoms with Gasteiger partial charge in [0.2, 0.25) is 5.88 Å². The van der Waals surface area contributed by atoms with Gasteiger partial charge in [0.15, 0.2) is 12.3 Å². The minimum atomic E-state index is -0.240. The van der Waals surface area contributed by atoms with Crippen molar-refractivity contribution in [3.63, 3.8) is 0 Å². The third-order valence-electron chi connectivity index (χ3n) is 5.28. The van der Waals surface area contributed by atoms with Crippen molar-refractivity contribution in [2.75, 3.05) is 20.8 Å². The fourth-order valence-corrected chi connectivity index (χ4v) is 3.53. The second kappa shape index (κ2) is 8.22. The maximum Gasteiger partial charge on any atom is 0.258 e. The lowest BCUT2D eigenvalue weighted by molar-refractivity contribution is -0.123. The number of aromatic nitrogens is 3. The number of amides is 1. The van der Waals surface area contributed by atoms with Crippen LogP contribution in [0.2, 0.25) is 0 Å². The van der Waals surface area contributed by atoms with Gasteiger partial charge in [0, 0.05) is 42.6 Å². The molecule has 1 amide bonds. The number of pyridine rings is 1. The van der Waals surface area contributed by atoms with Crippen molar-refractivity contribution in [3.8, 4) is 17.4 Å². The van der Waals surface area contributed by atoms with Crippen molar-refractivity contribution >= 4 is 16.9 Å². The van der Waals surface area contributed by atoms with Gasteiger partial charge in [0.1, 0.15) is 11.5 Å². The van der Waals surface area contributed by atoms with Gasteiger partial charge in [-0.2, -0.15) is 10.1 Å². The predicted octanol–water partition coefficient (Wildman–Crippen LogP) is 2.87. The maximum atomic E-state index is 12.3. The lowest BCUT2D eigenvalue weighted by atomic mass is 10.1. The Hall–Kier alpha value is -3.29. The summed E-state index contributed by atoms with van der Waals surface area (Å²) in [7, 11) is 5.07. The zero-order valence-electron chi connectivity index (χ0n) is 17.7. The summed E-state index contributed by atoms with van der Waals surface area (Å²) in [6, 6.07) is 7.34. The number of hydrogen-bond acceptors (Lipinski definition) is 6. The number of benzene rings is 1. The van der Waals surface area contributed by atoms with E-state index in [0.29, 0.717) is 29.8 Å². The summed E-state index contributed by atoms with van der Waals surface area (Å²) >= 11 is 0. The number of nitrogens with one attached hydrogen (secondary N) is 1. The lowest BCUT2D eigenvalue weighted by Crippen LogP contribution is -2.28. The van der Waals surface area contributed by atoms with E-state index in [1.165, 1.54) is 12.8 Å². The molecule has 1 aliphatic carbocycles. The van der Waals surface area contributed by atoms with E-state index in [9.17, 15) is 4.79 Å². The van der Waals surface area contributed by atoms with Crippen LogP contribution in [0.1, 0.15) is 35.6 Å². The quantitative estimate of drug-likeness (QED) is 0.614. The van der Waals surface area contributed by atoms with E-state index in [4.69, 9.17) is 14.2 Å². The van der Waals surface area contributed by atoms with Crippen LogP contribution in [-0.2, 0) is 18.4 Å². The Morgan fingerprint density at radius 2 is 2.03 bits per heavy atom. The highest BCUT2D eigenvalue weighted by atomic mass is 16.5. The summed E-state index contributed by atoms with van der Waals surface area (Å²) in [4.78, 5) is 16.9. The Labute approximate surface area is 175 Å². The molecule has 2 heterocycles. The average molecular weight is 410 g/mol. The van der Waals surface area contributed by atoms with E-state index in [2.05, 4.69) is 15.4 Å². The summed E-state index contributed by atoms with van der Waals surface area (Å²) in [5, 5.41) is 8.58. The molecule has 8 heteroatoms. The fraction of sp³-hybridized carbons (Fsp3) is 0.409. The fourth-order valence-electron chi connectivity index (χ4n) is 3.53. The van der Waals surface area contributed by atoms with Gasteiger partial charge < -0.3 is 19.5 Å². The van der Waals surface area contributed by atoms with Crippen molar-refractivity contribution in [1.82, 2.24) is 20.1 Å². The van der Waals surface area contributed by atoms with Crippen molar-refractivity contribution in [2.24, 2.45) is 7.05 Å². The SMILES string of the molecule is COc1ccc(CNC(=O)COc2cc(C)c3c(C4CC4)nn(C)c3n2)c(OC)c1. The Balaban J connectivity index is 1.39. The minimum Gasteiger partial charge on any atom is -0.497 e. The summed E-state index contributed by atoms with van der Waals surface area (Å²) in [5.41, 5.74) is 3.82. The van der Waals surface area contributed by atoms with Gasteiger partial charge in [-0.05, 0) is 37.5 Å². The van der Waals surface area contributed by atoms with Crippen LogP contribution in [0, 0.1) is 6.92 Å². The number of nitrogens with zero attached hydrogens (tertiary/aromatic N) is 3. The largest absolute Gasteiger partial charge is 0.497 e. The number of aryl methyl sites for hydroxylation is 2. The van der Waals surface area contributed by atoms with E-state index >= 15 is 0 Å². The van der Waals surface area contributed by atoms with Crippen LogP contribution in [0.15, 0.2) is 24.3 Å². The van der Waals surface area contributed by atoms with Crippen LogP contribution in [0.4, 0.5) is 0 Å². The minimum absolute atomic E-state index is 0.121. The molecule has 0 radical (unpaired) electrons. The van der Waals surface area contributed by atoms with Crippen molar-refractivity contribution in [3.05, 3.63) is 41.1 Å². The molecule has 0 saturated heterocycles. The molecule has 3 aromatic rings. The first kappa shape index (κ1) is 20.0. The van der Waals surface area contributed by atoms with Crippen LogP contribution in [0.5, 0.6) is 17.4 Å². The van der Waals surface area contributed by atoms with Crippen LogP contribution >= 0.6 is 0 Å². The Bertz CT molecular complexity index is 1090. The smallest absolute Gasteiger partial charge is 0.258 e. The molecule has 1 aliphatic rings. The number of fused-ring (bicyclic) bond motifs is 1. The standard InChI is InChI=1S/C22H26N4O4/c1-13-9-19(24-22-20(13)21(14-5-6-14)25-26(22)2)30-12-18(27)23-11-15-7-8-16(28-3)10-17(15)29-4/h7-10,14H,5-6,11-12H2,1-4H3,(H,23,27). The number of methoxy groups -OCH3 is 2. The van der Waals surface area contributed by atoms with Crippen LogP contribution in [-0.4, -0.2) is 41.5 Å². The first-order valence-electron chi connectivity index (χ1n) is 9.94. The van der Waals surface area contributed by atoms with Gasteiger partial charge in [-0.1, -0.05) is 0 Å². The molecule has 4 rings (SSSR count). The number of carbonyl (C=O) groups is 1. The molecule has 1 N–H and O–H groups in total. The molecule has 2 aromatic heterocycles. The molecule has 1 aromatic carbocycles. The van der Waals surface area contributed by atoms with Crippen LogP contribution in [0.3, 0.4) is 0 Å². The molecule has 0 atom stereocenters. The molecule has 158 valence electrons. The van der Waals surface area contributed by atoms with Crippen molar-refractivity contribution in [1.29, 1.82) is 0 Å². The highest BCUT2D eigenvalue weighted by Gasteiger charge is 2.30.